The van der Waals surface area contributed by atoms with E-state index in [2.05, 4.69) is 9.97 Å². The highest BCUT2D eigenvalue weighted by Crippen LogP contribution is 2.19. The van der Waals surface area contributed by atoms with Gasteiger partial charge in [-0.05, 0) is 19.1 Å². The van der Waals surface area contributed by atoms with Gasteiger partial charge in [-0.25, -0.2) is 14.6 Å². The maximum Gasteiger partial charge on any atom is 0.371 e. The smallest absolute Gasteiger partial charge is 0.371 e. The Morgan fingerprint density at radius 3 is 2.84 bits per heavy atom. The molecule has 6 nitrogen and oxygen atoms in total. The van der Waals surface area contributed by atoms with Crippen molar-refractivity contribution in [2.24, 2.45) is 0 Å². The Hall–Kier alpha value is -2.63. The summed E-state index contributed by atoms with van der Waals surface area (Å²) in [7, 11) is 0. The van der Waals surface area contributed by atoms with Crippen LogP contribution in [0.25, 0.3) is 11.3 Å². The molecule has 0 fully saturated rings. The fourth-order valence-corrected chi connectivity index (χ4v) is 1.60. The van der Waals surface area contributed by atoms with Crippen LogP contribution in [0.5, 0.6) is 0 Å². The molecule has 19 heavy (non-hydrogen) atoms. The number of esters is 1. The molecule has 0 saturated heterocycles. The van der Waals surface area contributed by atoms with Gasteiger partial charge in [-0.1, -0.05) is 12.1 Å². The molecular weight excluding hydrogens is 248 g/mol. The van der Waals surface area contributed by atoms with E-state index in [1.165, 1.54) is 6.20 Å². The molecule has 6 heteroatoms. The second kappa shape index (κ2) is 5.34. The van der Waals surface area contributed by atoms with Gasteiger partial charge in [0, 0.05) is 5.56 Å². The molecule has 2 rings (SSSR count). The Labute approximate surface area is 109 Å². The van der Waals surface area contributed by atoms with Crippen LogP contribution in [0, 0.1) is 0 Å². The quantitative estimate of drug-likeness (QED) is 0.820. The molecule has 0 bridgehead atoms. The molecule has 0 radical (unpaired) electrons. The van der Waals surface area contributed by atoms with Crippen molar-refractivity contribution in [2.75, 3.05) is 6.61 Å². The number of H-pyrrole nitrogens is 1. The zero-order valence-electron chi connectivity index (χ0n) is 10.2. The van der Waals surface area contributed by atoms with Gasteiger partial charge in [0.2, 0.25) is 5.82 Å². The second-order valence-corrected chi connectivity index (χ2v) is 3.75. The summed E-state index contributed by atoms with van der Waals surface area (Å²) in [5.74, 6) is -1.69. The number of carbonyl (C=O) groups is 2. The molecule has 2 aromatic rings. The molecule has 0 aliphatic rings. The van der Waals surface area contributed by atoms with E-state index in [-0.39, 0.29) is 5.82 Å². The summed E-state index contributed by atoms with van der Waals surface area (Å²) in [5.41, 5.74) is 1.61. The Balaban J connectivity index is 2.32. The standard InChI is InChI=1S/C13H12N2O4/c1-2-19-13(18)9-5-3-4-8(6-9)10-7-14-11(15-10)12(16)17/h3-7H,2H2,1H3,(H,14,15)(H,16,17). The minimum Gasteiger partial charge on any atom is -0.475 e. The number of benzene rings is 1. The molecule has 1 aromatic carbocycles. The fraction of sp³-hybridized carbons (Fsp3) is 0.154. The summed E-state index contributed by atoms with van der Waals surface area (Å²) in [5, 5.41) is 8.79. The number of imidazole rings is 1. The van der Waals surface area contributed by atoms with Crippen molar-refractivity contribution in [1.82, 2.24) is 9.97 Å². The van der Waals surface area contributed by atoms with Crippen LogP contribution in [0.15, 0.2) is 30.5 Å². The number of aromatic carboxylic acids is 1. The van der Waals surface area contributed by atoms with Crippen molar-refractivity contribution in [2.45, 2.75) is 6.92 Å². The van der Waals surface area contributed by atoms with Crippen molar-refractivity contribution >= 4 is 11.9 Å². The van der Waals surface area contributed by atoms with Crippen LogP contribution in [0.2, 0.25) is 0 Å². The monoisotopic (exact) mass is 260 g/mol. The van der Waals surface area contributed by atoms with E-state index in [0.29, 0.717) is 23.4 Å². The Morgan fingerprint density at radius 2 is 2.21 bits per heavy atom. The number of carboxylic acid groups (broad SMARTS) is 1. The van der Waals surface area contributed by atoms with Gasteiger partial charge >= 0.3 is 11.9 Å². The Morgan fingerprint density at radius 1 is 1.42 bits per heavy atom. The number of aromatic nitrogens is 2. The van der Waals surface area contributed by atoms with E-state index in [0.717, 1.165) is 0 Å². The molecule has 0 saturated carbocycles. The first-order chi connectivity index (χ1) is 9.11. The highest BCUT2D eigenvalue weighted by atomic mass is 16.5. The van der Waals surface area contributed by atoms with Crippen molar-refractivity contribution in [3.63, 3.8) is 0 Å². The van der Waals surface area contributed by atoms with E-state index >= 15 is 0 Å². The third-order valence-electron chi connectivity index (χ3n) is 2.46. The molecule has 0 unspecified atom stereocenters. The van der Waals surface area contributed by atoms with E-state index < -0.39 is 11.9 Å². The van der Waals surface area contributed by atoms with Crippen LogP contribution in [0.3, 0.4) is 0 Å². The van der Waals surface area contributed by atoms with Gasteiger partial charge in [-0.15, -0.1) is 0 Å². The molecule has 2 N–H and O–H groups in total. The van der Waals surface area contributed by atoms with E-state index in [1.54, 1.807) is 31.2 Å². The molecule has 0 spiro atoms. The fourth-order valence-electron chi connectivity index (χ4n) is 1.60. The van der Waals surface area contributed by atoms with Gasteiger partial charge in [0.15, 0.2) is 0 Å². The maximum absolute atomic E-state index is 11.6. The van der Waals surface area contributed by atoms with Gasteiger partial charge in [0.1, 0.15) is 0 Å². The lowest BCUT2D eigenvalue weighted by molar-refractivity contribution is 0.0526. The van der Waals surface area contributed by atoms with Crippen molar-refractivity contribution < 1.29 is 19.4 Å². The summed E-state index contributed by atoms with van der Waals surface area (Å²) in [6, 6.07) is 6.71. The first-order valence-corrected chi connectivity index (χ1v) is 5.67. The van der Waals surface area contributed by atoms with Crippen LogP contribution in [0.4, 0.5) is 0 Å². The predicted octanol–water partition coefficient (Wildman–Crippen LogP) is 1.95. The van der Waals surface area contributed by atoms with E-state index in [9.17, 15) is 9.59 Å². The Bertz CT molecular complexity index is 619. The first-order valence-electron chi connectivity index (χ1n) is 5.67. The lowest BCUT2D eigenvalue weighted by atomic mass is 10.1. The van der Waals surface area contributed by atoms with Crippen LogP contribution in [-0.4, -0.2) is 33.6 Å². The Kier molecular flexibility index (Phi) is 3.61. The van der Waals surface area contributed by atoms with Crippen LogP contribution < -0.4 is 0 Å². The first kappa shape index (κ1) is 12.8. The number of ether oxygens (including phenoxy) is 1. The number of hydrogen-bond donors (Lipinski definition) is 2. The molecule has 0 aliphatic carbocycles. The summed E-state index contributed by atoms with van der Waals surface area (Å²) in [6.45, 7) is 2.03. The minimum absolute atomic E-state index is 0.142. The van der Waals surface area contributed by atoms with E-state index in [4.69, 9.17) is 9.84 Å². The summed E-state index contributed by atoms with van der Waals surface area (Å²) >= 11 is 0. The van der Waals surface area contributed by atoms with Gasteiger partial charge in [0.05, 0.1) is 24.1 Å². The molecule has 1 heterocycles. The van der Waals surface area contributed by atoms with Crippen molar-refractivity contribution in [3.05, 3.63) is 41.9 Å². The van der Waals surface area contributed by atoms with Gasteiger partial charge in [0.25, 0.3) is 0 Å². The lowest BCUT2D eigenvalue weighted by Gasteiger charge is -2.03. The lowest BCUT2D eigenvalue weighted by Crippen LogP contribution is -2.04. The third kappa shape index (κ3) is 2.79. The largest absolute Gasteiger partial charge is 0.475 e. The SMILES string of the molecule is CCOC(=O)c1cccc(-c2cnc(C(=O)O)[nH]2)c1. The minimum atomic E-state index is -1.13. The zero-order valence-corrected chi connectivity index (χ0v) is 10.2. The number of carboxylic acids is 1. The van der Waals surface area contributed by atoms with Crippen LogP contribution in [0.1, 0.15) is 27.9 Å². The molecular formula is C13H12N2O4. The number of hydrogen-bond acceptors (Lipinski definition) is 4. The van der Waals surface area contributed by atoms with E-state index in [1.807, 2.05) is 0 Å². The second-order valence-electron chi connectivity index (χ2n) is 3.75. The van der Waals surface area contributed by atoms with Gasteiger partial charge < -0.3 is 14.8 Å². The van der Waals surface area contributed by atoms with Crippen LogP contribution in [-0.2, 0) is 4.74 Å². The summed E-state index contributed by atoms with van der Waals surface area (Å²) in [6.07, 6.45) is 1.41. The summed E-state index contributed by atoms with van der Waals surface area (Å²) < 4.78 is 4.90. The van der Waals surface area contributed by atoms with Crippen molar-refractivity contribution in [1.29, 1.82) is 0 Å². The summed E-state index contributed by atoms with van der Waals surface area (Å²) in [4.78, 5) is 28.7. The van der Waals surface area contributed by atoms with Crippen molar-refractivity contribution in [3.8, 4) is 11.3 Å². The average Bonchev–Trinajstić information content (AvgIpc) is 2.89. The maximum atomic E-state index is 11.6. The molecule has 98 valence electrons. The normalized spacial score (nSPS) is 10.2. The molecule has 1 aromatic heterocycles. The molecule has 0 amide bonds. The third-order valence-corrected chi connectivity index (χ3v) is 2.46. The average molecular weight is 260 g/mol. The number of carbonyl (C=O) groups excluding carboxylic acids is 1. The zero-order chi connectivity index (χ0) is 13.8. The van der Waals surface area contributed by atoms with Crippen LogP contribution >= 0.6 is 0 Å². The highest BCUT2D eigenvalue weighted by Gasteiger charge is 2.11. The molecule has 0 aliphatic heterocycles. The number of aromatic amines is 1. The highest BCUT2D eigenvalue weighted by molar-refractivity contribution is 5.91. The van der Waals surface area contributed by atoms with Gasteiger partial charge in [-0.3, -0.25) is 0 Å². The number of nitrogens with zero attached hydrogens (tertiary/aromatic N) is 1. The predicted molar refractivity (Wildman–Crippen MR) is 66.9 cm³/mol. The number of rotatable bonds is 4. The topological polar surface area (TPSA) is 92.3 Å². The van der Waals surface area contributed by atoms with Gasteiger partial charge in [-0.2, -0.15) is 0 Å². The molecule has 0 atom stereocenters. The number of nitrogens with one attached hydrogen (secondary N) is 1.